The zero-order valence-electron chi connectivity index (χ0n) is 37.3. The van der Waals surface area contributed by atoms with Crippen molar-refractivity contribution in [2.45, 2.75) is 167 Å². The molecule has 0 bridgehead atoms. The van der Waals surface area contributed by atoms with E-state index in [1.807, 2.05) is 24.3 Å². The highest BCUT2D eigenvalue weighted by Crippen LogP contribution is 2.54. The van der Waals surface area contributed by atoms with E-state index in [1.54, 1.807) is 0 Å². The standard InChI is InChI=1S/C50H64F4O8S2/c1-3-5-7-9-11-13-15-17-19-31-21-39(59-43(55)27-51)33-23-37-41(25-35(33)47(31)61-45(57)29-53)63-50-38-24-34-36(26-42(38)64-49(37)50)48(62-46(58)30-54)32(22-40(34)60-44(56)28-52)20-18-16-14-12-10-8-6-4-2/h23-26,31-32,39-40,47-48H,3-22,27-30H2,1-2H3. The summed E-state index contributed by atoms with van der Waals surface area (Å²) in [6.45, 7) is -0.821. The number of hydrogen-bond acceptors (Lipinski definition) is 10. The summed E-state index contributed by atoms with van der Waals surface area (Å²) in [6.07, 6.45) is 16.2. The molecule has 0 amide bonds. The number of carbonyl (C=O) groups is 4. The summed E-state index contributed by atoms with van der Waals surface area (Å²) in [5.41, 5.74) is 2.32. The number of halogens is 4. The van der Waals surface area contributed by atoms with Crippen molar-refractivity contribution in [1.82, 2.24) is 0 Å². The first kappa shape index (κ1) is 49.6. The van der Waals surface area contributed by atoms with E-state index in [4.69, 9.17) is 18.9 Å². The van der Waals surface area contributed by atoms with Gasteiger partial charge in [-0.15, -0.1) is 22.7 Å². The molecule has 6 rings (SSSR count). The molecular weight excluding hydrogens is 869 g/mol. The topological polar surface area (TPSA) is 105 Å². The third-order valence-electron chi connectivity index (χ3n) is 13.0. The first-order valence-electron chi connectivity index (χ1n) is 23.6. The van der Waals surface area contributed by atoms with Gasteiger partial charge in [0.1, 0.15) is 24.4 Å². The first-order chi connectivity index (χ1) is 31.1. The Balaban J connectivity index is 1.37. The summed E-state index contributed by atoms with van der Waals surface area (Å²) in [4.78, 5) is 50.2. The molecule has 2 heterocycles. The summed E-state index contributed by atoms with van der Waals surface area (Å²) in [5.74, 6) is -4.58. The lowest BCUT2D eigenvalue weighted by Crippen LogP contribution is -2.30. The summed E-state index contributed by atoms with van der Waals surface area (Å²) in [6, 6.07) is 7.62. The SMILES string of the molecule is CCCCCCCCCCC1CC(OC(=O)CF)c2cc3c(cc2C1OC(=O)CF)sc1c2cc4c(cc2sc31)C(OC(=O)CF)C(CCCCCCCCCC)CC4OC(=O)CF. The Hall–Kier alpha value is -3.78. The normalized spacial score (nSPS) is 20.6. The van der Waals surface area contributed by atoms with Gasteiger partial charge in [0.05, 0.1) is 9.40 Å². The number of fused-ring (bicyclic) bond motifs is 7. The maximum Gasteiger partial charge on any atom is 0.338 e. The zero-order valence-corrected chi connectivity index (χ0v) is 39.0. The monoisotopic (exact) mass is 932 g/mol. The van der Waals surface area contributed by atoms with Crippen LogP contribution in [0.15, 0.2) is 24.3 Å². The van der Waals surface area contributed by atoms with Crippen molar-refractivity contribution in [2.24, 2.45) is 11.8 Å². The van der Waals surface area contributed by atoms with Gasteiger partial charge in [-0.05, 0) is 49.9 Å². The second-order valence-electron chi connectivity index (χ2n) is 17.6. The van der Waals surface area contributed by atoms with E-state index in [9.17, 15) is 36.7 Å². The van der Waals surface area contributed by atoms with E-state index >= 15 is 0 Å². The molecule has 0 fully saturated rings. The number of ether oxygens (including phenoxy) is 4. The van der Waals surface area contributed by atoms with Gasteiger partial charge in [0.15, 0.2) is 26.7 Å². The maximum absolute atomic E-state index is 13.7. The number of alkyl halides is 4. The van der Waals surface area contributed by atoms with Crippen LogP contribution in [0.25, 0.3) is 29.6 Å². The fourth-order valence-electron chi connectivity index (χ4n) is 9.91. The number of benzene rings is 2. The summed E-state index contributed by atoms with van der Waals surface area (Å²) < 4.78 is 81.5. The number of esters is 4. The van der Waals surface area contributed by atoms with Crippen LogP contribution in [0.1, 0.15) is 189 Å². The van der Waals surface area contributed by atoms with Gasteiger partial charge < -0.3 is 18.9 Å². The highest BCUT2D eigenvalue weighted by atomic mass is 32.1. The fourth-order valence-corrected chi connectivity index (χ4v) is 12.6. The predicted octanol–water partition coefficient (Wildman–Crippen LogP) is 14.6. The van der Waals surface area contributed by atoms with Crippen LogP contribution in [0, 0.1) is 11.8 Å². The van der Waals surface area contributed by atoms with Crippen LogP contribution in [0.2, 0.25) is 0 Å². The van der Waals surface area contributed by atoms with Crippen LogP contribution in [0.3, 0.4) is 0 Å². The molecule has 2 aromatic heterocycles. The molecule has 0 saturated heterocycles. The van der Waals surface area contributed by atoms with E-state index in [0.29, 0.717) is 35.1 Å². The molecule has 0 N–H and O–H groups in total. The fraction of sp³-hybridized carbons (Fsp3) is 0.640. The number of unbranched alkanes of at least 4 members (excludes halogenated alkanes) is 14. The van der Waals surface area contributed by atoms with Crippen LogP contribution in [0.4, 0.5) is 17.6 Å². The minimum atomic E-state index is -1.30. The lowest BCUT2D eigenvalue weighted by molar-refractivity contribution is -0.160. The molecule has 0 radical (unpaired) electrons. The minimum Gasteiger partial charge on any atom is -0.456 e. The van der Waals surface area contributed by atoms with Gasteiger partial charge in [0, 0.05) is 54.3 Å². The first-order valence-corrected chi connectivity index (χ1v) is 25.3. The van der Waals surface area contributed by atoms with E-state index in [-0.39, 0.29) is 24.7 Å². The molecule has 2 aromatic carbocycles. The molecule has 0 spiro atoms. The Labute approximate surface area is 382 Å². The highest BCUT2D eigenvalue weighted by molar-refractivity contribution is 7.36. The number of carbonyl (C=O) groups excluding carboxylic acids is 4. The van der Waals surface area contributed by atoms with Gasteiger partial charge in [-0.3, -0.25) is 0 Å². The molecule has 352 valence electrons. The second kappa shape index (κ2) is 24.7. The van der Waals surface area contributed by atoms with E-state index < -0.39 is 75.0 Å². The maximum atomic E-state index is 13.7. The van der Waals surface area contributed by atoms with Crippen LogP contribution in [-0.4, -0.2) is 50.6 Å². The molecule has 64 heavy (non-hydrogen) atoms. The molecule has 6 atom stereocenters. The molecule has 2 aliphatic rings. The Morgan fingerprint density at radius 1 is 0.469 bits per heavy atom. The Bertz CT molecular complexity index is 2030. The largest absolute Gasteiger partial charge is 0.456 e. The second-order valence-corrected chi connectivity index (χ2v) is 19.8. The smallest absolute Gasteiger partial charge is 0.338 e. The quantitative estimate of drug-likeness (QED) is 0.0265. The van der Waals surface area contributed by atoms with Gasteiger partial charge >= 0.3 is 23.9 Å². The van der Waals surface area contributed by atoms with Crippen molar-refractivity contribution in [3.8, 4) is 0 Å². The van der Waals surface area contributed by atoms with Gasteiger partial charge in [0.2, 0.25) is 0 Å². The Morgan fingerprint density at radius 2 is 0.797 bits per heavy atom. The van der Waals surface area contributed by atoms with Crippen LogP contribution < -0.4 is 0 Å². The minimum absolute atomic E-state index is 0.273. The van der Waals surface area contributed by atoms with Gasteiger partial charge in [-0.1, -0.05) is 117 Å². The third kappa shape index (κ3) is 12.4. The number of rotatable bonds is 26. The van der Waals surface area contributed by atoms with Crippen LogP contribution in [0.5, 0.6) is 0 Å². The van der Waals surface area contributed by atoms with Crippen LogP contribution in [-0.2, 0) is 38.1 Å². The van der Waals surface area contributed by atoms with Crippen molar-refractivity contribution in [1.29, 1.82) is 0 Å². The lowest BCUT2D eigenvalue weighted by Gasteiger charge is -2.37. The molecule has 0 aliphatic heterocycles. The summed E-state index contributed by atoms with van der Waals surface area (Å²) >= 11 is 2.97. The average Bonchev–Trinajstić information content (AvgIpc) is 3.83. The molecule has 4 aromatic rings. The molecule has 14 heteroatoms. The molecule has 2 aliphatic carbocycles. The molecular formula is C50H64F4O8S2. The molecule has 6 unspecified atom stereocenters. The van der Waals surface area contributed by atoms with E-state index in [1.165, 1.54) is 74.0 Å². The molecule has 0 saturated carbocycles. The van der Waals surface area contributed by atoms with E-state index in [0.717, 1.165) is 80.9 Å². The van der Waals surface area contributed by atoms with Gasteiger partial charge in [0.25, 0.3) is 0 Å². The van der Waals surface area contributed by atoms with Gasteiger partial charge in [-0.25, -0.2) is 36.7 Å². The van der Waals surface area contributed by atoms with E-state index in [2.05, 4.69) is 13.8 Å². The molecule has 8 nitrogen and oxygen atoms in total. The van der Waals surface area contributed by atoms with Crippen molar-refractivity contribution in [3.05, 3.63) is 46.5 Å². The Kier molecular flexibility index (Phi) is 19.1. The summed E-state index contributed by atoms with van der Waals surface area (Å²) in [5, 5.41) is 1.65. The number of hydrogen-bond donors (Lipinski definition) is 0. The average molecular weight is 933 g/mol. The number of thiophene rings is 2. The van der Waals surface area contributed by atoms with Gasteiger partial charge in [-0.2, -0.15) is 0 Å². The highest BCUT2D eigenvalue weighted by Gasteiger charge is 2.41. The van der Waals surface area contributed by atoms with Crippen molar-refractivity contribution < 1.29 is 55.7 Å². The Morgan fingerprint density at radius 3 is 1.14 bits per heavy atom. The van der Waals surface area contributed by atoms with Crippen molar-refractivity contribution in [2.75, 3.05) is 26.7 Å². The predicted molar refractivity (Wildman–Crippen MR) is 245 cm³/mol. The lowest BCUT2D eigenvalue weighted by atomic mass is 9.76. The summed E-state index contributed by atoms with van der Waals surface area (Å²) in [7, 11) is 0. The van der Waals surface area contributed by atoms with Crippen molar-refractivity contribution in [3.63, 3.8) is 0 Å². The van der Waals surface area contributed by atoms with Crippen LogP contribution >= 0.6 is 22.7 Å². The zero-order chi connectivity index (χ0) is 45.6. The third-order valence-corrected chi connectivity index (χ3v) is 15.5. The van der Waals surface area contributed by atoms with Crippen molar-refractivity contribution >= 4 is 76.1 Å².